The van der Waals surface area contributed by atoms with Gasteiger partial charge in [0.25, 0.3) is 0 Å². The van der Waals surface area contributed by atoms with Crippen LogP contribution in [0.25, 0.3) is 0 Å². The molecule has 0 radical (unpaired) electrons. The summed E-state index contributed by atoms with van der Waals surface area (Å²) in [5.74, 6) is 0.110. The van der Waals surface area contributed by atoms with Crippen LogP contribution in [0.5, 0.6) is 5.75 Å². The van der Waals surface area contributed by atoms with Crippen molar-refractivity contribution >= 4 is 28.6 Å². The van der Waals surface area contributed by atoms with Gasteiger partial charge in [0, 0.05) is 24.0 Å². The van der Waals surface area contributed by atoms with Gasteiger partial charge in [-0.2, -0.15) is 5.10 Å². The lowest BCUT2D eigenvalue weighted by atomic mass is 10.2. The molecule has 0 bridgehead atoms. The Balaban J connectivity index is 2.31. The lowest BCUT2D eigenvalue weighted by molar-refractivity contribution is -0.129. The van der Waals surface area contributed by atoms with Crippen molar-refractivity contribution in [2.45, 2.75) is 6.54 Å². The van der Waals surface area contributed by atoms with Crippen LogP contribution in [0.2, 0.25) is 0 Å². The molecule has 0 aliphatic rings. The molecule has 0 aliphatic carbocycles. The first-order chi connectivity index (χ1) is 8.70. The second kappa shape index (κ2) is 5.81. The molecule has 4 nitrogen and oxygen atoms in total. The summed E-state index contributed by atoms with van der Waals surface area (Å²) in [5.41, 5.74) is 0.904. The summed E-state index contributed by atoms with van der Waals surface area (Å²) in [6.07, 6.45) is 4.73. The zero-order valence-corrected chi connectivity index (χ0v) is 11.7. The smallest absolute Gasteiger partial charge is 0.335 e. The molecule has 0 atom stereocenters. The predicted molar refractivity (Wildman–Crippen MR) is 76.3 cm³/mol. The number of halogens is 1. The molecule has 1 aromatic carbocycles. The maximum absolute atomic E-state index is 11.3. The Morgan fingerprint density at radius 2 is 2.33 bits per heavy atom. The number of para-hydroxylation sites is 1. The molecule has 0 saturated carbocycles. The first-order valence-electron chi connectivity index (χ1n) is 5.30. The summed E-state index contributed by atoms with van der Waals surface area (Å²) in [4.78, 5) is 11.3. The van der Waals surface area contributed by atoms with Crippen LogP contribution >= 0.6 is 22.6 Å². The fourth-order valence-corrected chi connectivity index (χ4v) is 2.17. The van der Waals surface area contributed by atoms with E-state index in [9.17, 15) is 4.79 Å². The minimum atomic E-state index is -0.458. The molecule has 0 spiro atoms. The van der Waals surface area contributed by atoms with E-state index in [0.717, 1.165) is 15.2 Å². The van der Waals surface area contributed by atoms with Crippen molar-refractivity contribution in [1.29, 1.82) is 0 Å². The Kier molecular flexibility index (Phi) is 4.14. The number of hydrogen-bond acceptors (Lipinski definition) is 3. The molecule has 2 aromatic rings. The average Bonchev–Trinajstić information content (AvgIpc) is 2.86. The molecule has 0 N–H and O–H groups in total. The van der Waals surface area contributed by atoms with Gasteiger partial charge in [0.05, 0.1) is 10.1 Å². The molecular formula is C13H11IN2O2. The highest BCUT2D eigenvalue weighted by atomic mass is 127. The second-order valence-corrected chi connectivity index (χ2v) is 4.72. The van der Waals surface area contributed by atoms with E-state index >= 15 is 0 Å². The maximum Gasteiger partial charge on any atom is 0.335 e. The number of ether oxygens (including phenoxy) is 1. The van der Waals surface area contributed by atoms with Gasteiger partial charge < -0.3 is 4.74 Å². The van der Waals surface area contributed by atoms with Gasteiger partial charge in [-0.25, -0.2) is 4.79 Å². The van der Waals surface area contributed by atoms with E-state index < -0.39 is 5.97 Å². The molecule has 1 heterocycles. The zero-order chi connectivity index (χ0) is 13.0. The van der Waals surface area contributed by atoms with Crippen molar-refractivity contribution in [3.05, 3.63) is 58.4 Å². The normalized spacial score (nSPS) is 10.1. The highest BCUT2D eigenvalue weighted by molar-refractivity contribution is 14.1. The van der Waals surface area contributed by atoms with Gasteiger partial charge in [-0.3, -0.25) is 4.68 Å². The molecule has 0 amide bonds. The number of esters is 1. The van der Waals surface area contributed by atoms with Crippen molar-refractivity contribution in [1.82, 2.24) is 9.78 Å². The lowest BCUT2D eigenvalue weighted by Crippen LogP contribution is -2.09. The van der Waals surface area contributed by atoms with Gasteiger partial charge in [-0.05, 0) is 34.7 Å². The van der Waals surface area contributed by atoms with E-state index in [1.807, 2.05) is 30.5 Å². The molecule has 0 fully saturated rings. The predicted octanol–water partition coefficient (Wildman–Crippen LogP) is 2.63. The van der Waals surface area contributed by atoms with Crippen LogP contribution in [0.15, 0.2) is 49.3 Å². The van der Waals surface area contributed by atoms with Crippen molar-refractivity contribution in [3.8, 4) is 5.75 Å². The quantitative estimate of drug-likeness (QED) is 0.367. The van der Waals surface area contributed by atoms with Crippen molar-refractivity contribution in [2.24, 2.45) is 0 Å². The summed E-state index contributed by atoms with van der Waals surface area (Å²) in [7, 11) is 0. The van der Waals surface area contributed by atoms with Crippen LogP contribution in [0, 0.1) is 3.57 Å². The molecule has 2 rings (SSSR count). The second-order valence-electron chi connectivity index (χ2n) is 3.56. The number of carbonyl (C=O) groups excluding carboxylic acids is 1. The standard InChI is InChI=1S/C13H11IN2O2/c1-2-12(17)18-13-10(5-3-6-11(13)14)9-16-8-4-7-15-16/h2-8H,1,9H2. The first kappa shape index (κ1) is 12.8. The van der Waals surface area contributed by atoms with E-state index in [4.69, 9.17) is 4.74 Å². The number of nitrogens with zero attached hydrogens (tertiary/aromatic N) is 2. The molecular weight excluding hydrogens is 343 g/mol. The van der Waals surface area contributed by atoms with E-state index in [1.165, 1.54) is 0 Å². The topological polar surface area (TPSA) is 44.1 Å². The van der Waals surface area contributed by atoms with Gasteiger partial charge in [0.1, 0.15) is 5.75 Å². The molecule has 0 unspecified atom stereocenters. The van der Waals surface area contributed by atoms with Crippen LogP contribution in [0.3, 0.4) is 0 Å². The number of aromatic nitrogens is 2. The highest BCUT2D eigenvalue weighted by Gasteiger charge is 2.11. The van der Waals surface area contributed by atoms with Crippen LogP contribution in [-0.2, 0) is 11.3 Å². The lowest BCUT2D eigenvalue weighted by Gasteiger charge is -2.11. The van der Waals surface area contributed by atoms with Crippen LogP contribution in [0.4, 0.5) is 0 Å². The monoisotopic (exact) mass is 354 g/mol. The Bertz CT molecular complexity index is 564. The van der Waals surface area contributed by atoms with Crippen molar-refractivity contribution in [2.75, 3.05) is 0 Å². The molecule has 0 aliphatic heterocycles. The summed E-state index contributed by atoms with van der Waals surface area (Å²) >= 11 is 2.14. The minimum Gasteiger partial charge on any atom is -0.422 e. The minimum absolute atomic E-state index is 0.458. The molecule has 1 aromatic heterocycles. The Morgan fingerprint density at radius 1 is 1.50 bits per heavy atom. The zero-order valence-electron chi connectivity index (χ0n) is 9.54. The molecule has 5 heteroatoms. The number of hydrogen-bond donors (Lipinski definition) is 0. The Morgan fingerprint density at radius 3 is 3.00 bits per heavy atom. The SMILES string of the molecule is C=CC(=O)Oc1c(I)cccc1Cn1cccn1. The van der Waals surface area contributed by atoms with Crippen molar-refractivity contribution in [3.63, 3.8) is 0 Å². The maximum atomic E-state index is 11.3. The third-order valence-corrected chi connectivity index (χ3v) is 3.16. The fourth-order valence-electron chi connectivity index (χ4n) is 1.50. The van der Waals surface area contributed by atoms with Gasteiger partial charge >= 0.3 is 5.97 Å². The third kappa shape index (κ3) is 2.98. The summed E-state index contributed by atoms with van der Waals surface area (Å²) in [6, 6.07) is 7.57. The van der Waals surface area contributed by atoms with Gasteiger partial charge in [-0.1, -0.05) is 18.7 Å². The van der Waals surface area contributed by atoms with Gasteiger partial charge in [0.15, 0.2) is 0 Å². The highest BCUT2D eigenvalue weighted by Crippen LogP contribution is 2.26. The van der Waals surface area contributed by atoms with Gasteiger partial charge in [0.2, 0.25) is 0 Å². The van der Waals surface area contributed by atoms with E-state index in [-0.39, 0.29) is 0 Å². The van der Waals surface area contributed by atoms with Crippen LogP contribution in [-0.4, -0.2) is 15.7 Å². The van der Waals surface area contributed by atoms with Crippen LogP contribution in [0.1, 0.15) is 5.56 Å². The summed E-state index contributed by atoms with van der Waals surface area (Å²) in [5, 5.41) is 4.14. The number of rotatable bonds is 4. The molecule has 0 saturated heterocycles. The Labute approximate surface area is 118 Å². The molecule has 92 valence electrons. The van der Waals surface area contributed by atoms with E-state index in [2.05, 4.69) is 34.3 Å². The summed E-state index contributed by atoms with van der Waals surface area (Å²) in [6.45, 7) is 3.96. The van der Waals surface area contributed by atoms with Crippen molar-refractivity contribution < 1.29 is 9.53 Å². The van der Waals surface area contributed by atoms with E-state index in [1.54, 1.807) is 10.9 Å². The third-order valence-electron chi connectivity index (χ3n) is 2.31. The summed E-state index contributed by atoms with van der Waals surface area (Å²) < 4.78 is 7.92. The average molecular weight is 354 g/mol. The fraction of sp³-hybridized carbons (Fsp3) is 0.0769. The molecule has 18 heavy (non-hydrogen) atoms. The number of carbonyl (C=O) groups is 1. The van der Waals surface area contributed by atoms with Crippen LogP contribution < -0.4 is 4.74 Å². The van der Waals surface area contributed by atoms with Gasteiger partial charge in [-0.15, -0.1) is 0 Å². The first-order valence-corrected chi connectivity index (χ1v) is 6.37. The number of benzene rings is 1. The largest absolute Gasteiger partial charge is 0.422 e. The van der Waals surface area contributed by atoms with E-state index in [0.29, 0.717) is 12.3 Å². The Hall–Kier alpha value is -1.63.